The first-order valence-corrected chi connectivity index (χ1v) is 5.88. The van der Waals surface area contributed by atoms with E-state index in [0.29, 0.717) is 5.02 Å². The number of benzene rings is 1. The molecule has 0 N–H and O–H groups in total. The Balaban J connectivity index is 2.29. The third-order valence-corrected chi connectivity index (χ3v) is 3.48. The van der Waals surface area contributed by atoms with Gasteiger partial charge in [-0.25, -0.2) is 0 Å². The lowest BCUT2D eigenvalue weighted by Gasteiger charge is -2.31. The van der Waals surface area contributed by atoms with E-state index in [1.165, 1.54) is 0 Å². The highest BCUT2D eigenvalue weighted by atomic mass is 127. The molecule has 1 aromatic carbocycles. The van der Waals surface area contributed by atoms with Crippen molar-refractivity contribution in [3.05, 3.63) is 32.4 Å². The number of likely N-dealkylation sites (tertiary alicyclic amines) is 1. The van der Waals surface area contributed by atoms with E-state index in [0.717, 1.165) is 28.6 Å². The second-order valence-corrected chi connectivity index (χ2v) is 4.87. The Morgan fingerprint density at radius 3 is 2.71 bits per heavy atom. The van der Waals surface area contributed by atoms with Gasteiger partial charge in [-0.05, 0) is 47.2 Å². The summed E-state index contributed by atoms with van der Waals surface area (Å²) in [5.41, 5.74) is 0.720. The number of carbonyl (C=O) groups is 1. The highest BCUT2D eigenvalue weighted by molar-refractivity contribution is 14.1. The Hall–Kier alpha value is -0.290. The predicted molar refractivity (Wildman–Crippen MR) is 64.7 cm³/mol. The SMILES string of the molecule is O=C(c1cc(Cl)ccc1I)N1CCC1. The van der Waals surface area contributed by atoms with Crippen LogP contribution >= 0.6 is 34.2 Å². The molecule has 4 heteroatoms. The summed E-state index contributed by atoms with van der Waals surface area (Å²) in [6, 6.07) is 5.41. The zero-order valence-electron chi connectivity index (χ0n) is 7.46. The van der Waals surface area contributed by atoms with Crippen LogP contribution in [0.5, 0.6) is 0 Å². The molecule has 1 amide bonds. The Labute approximate surface area is 101 Å². The zero-order valence-corrected chi connectivity index (χ0v) is 10.4. The van der Waals surface area contributed by atoms with Gasteiger partial charge in [0.2, 0.25) is 0 Å². The molecule has 0 unspecified atom stereocenters. The highest BCUT2D eigenvalue weighted by Crippen LogP contribution is 2.21. The molecular weight excluding hydrogens is 312 g/mol. The van der Waals surface area contributed by atoms with Crippen molar-refractivity contribution in [1.29, 1.82) is 0 Å². The largest absolute Gasteiger partial charge is 0.338 e. The molecule has 1 aliphatic rings. The molecule has 1 fully saturated rings. The van der Waals surface area contributed by atoms with Gasteiger partial charge in [0.15, 0.2) is 0 Å². The Bertz CT molecular complexity index is 376. The van der Waals surface area contributed by atoms with Crippen molar-refractivity contribution in [1.82, 2.24) is 4.90 Å². The Morgan fingerprint density at radius 2 is 2.14 bits per heavy atom. The van der Waals surface area contributed by atoms with Gasteiger partial charge in [-0.3, -0.25) is 4.79 Å². The van der Waals surface area contributed by atoms with Crippen LogP contribution < -0.4 is 0 Å². The number of halogens is 2. The first-order chi connectivity index (χ1) is 6.68. The van der Waals surface area contributed by atoms with Gasteiger partial charge in [0.05, 0.1) is 5.56 Å². The van der Waals surface area contributed by atoms with E-state index in [-0.39, 0.29) is 5.91 Å². The van der Waals surface area contributed by atoms with Crippen molar-refractivity contribution in [3.63, 3.8) is 0 Å². The normalized spacial score (nSPS) is 15.1. The van der Waals surface area contributed by atoms with Crippen LogP contribution in [-0.4, -0.2) is 23.9 Å². The highest BCUT2D eigenvalue weighted by Gasteiger charge is 2.23. The topological polar surface area (TPSA) is 20.3 Å². The van der Waals surface area contributed by atoms with Gasteiger partial charge in [-0.1, -0.05) is 11.6 Å². The number of rotatable bonds is 1. The fourth-order valence-electron chi connectivity index (χ4n) is 1.35. The molecule has 0 saturated carbocycles. The van der Waals surface area contributed by atoms with Crippen molar-refractivity contribution in [2.24, 2.45) is 0 Å². The van der Waals surface area contributed by atoms with Crippen molar-refractivity contribution in [2.75, 3.05) is 13.1 Å². The minimum atomic E-state index is 0.100. The van der Waals surface area contributed by atoms with Crippen LogP contribution in [-0.2, 0) is 0 Å². The quantitative estimate of drug-likeness (QED) is 0.728. The first-order valence-electron chi connectivity index (χ1n) is 4.43. The molecular formula is C10H9ClINO. The third kappa shape index (κ3) is 1.88. The van der Waals surface area contributed by atoms with E-state index in [2.05, 4.69) is 22.6 Å². The lowest BCUT2D eigenvalue weighted by Crippen LogP contribution is -2.42. The fraction of sp³-hybridized carbons (Fsp3) is 0.300. The molecule has 1 saturated heterocycles. The molecule has 1 aromatic rings. The summed E-state index contributed by atoms with van der Waals surface area (Å²) in [7, 11) is 0. The summed E-state index contributed by atoms with van der Waals surface area (Å²) in [6.45, 7) is 1.75. The lowest BCUT2D eigenvalue weighted by molar-refractivity contribution is 0.0650. The number of hydrogen-bond acceptors (Lipinski definition) is 1. The van der Waals surface area contributed by atoms with E-state index >= 15 is 0 Å². The maximum absolute atomic E-state index is 11.9. The molecule has 2 nitrogen and oxygen atoms in total. The van der Waals surface area contributed by atoms with Crippen LogP contribution in [0.15, 0.2) is 18.2 Å². The van der Waals surface area contributed by atoms with Crippen LogP contribution in [0.3, 0.4) is 0 Å². The van der Waals surface area contributed by atoms with Crippen LogP contribution in [0.25, 0.3) is 0 Å². The molecule has 2 rings (SSSR count). The van der Waals surface area contributed by atoms with Gasteiger partial charge in [-0.2, -0.15) is 0 Å². The summed E-state index contributed by atoms with van der Waals surface area (Å²) >= 11 is 8.01. The van der Waals surface area contributed by atoms with Gasteiger partial charge < -0.3 is 4.90 Å². The summed E-state index contributed by atoms with van der Waals surface area (Å²) < 4.78 is 0.962. The predicted octanol–water partition coefficient (Wildman–Crippen LogP) is 2.79. The number of carbonyl (C=O) groups excluding carboxylic acids is 1. The summed E-state index contributed by atoms with van der Waals surface area (Å²) in [5, 5.41) is 0.620. The number of nitrogens with zero attached hydrogens (tertiary/aromatic N) is 1. The van der Waals surface area contributed by atoms with Gasteiger partial charge in [-0.15, -0.1) is 0 Å². The average molecular weight is 322 g/mol. The standard InChI is InChI=1S/C10H9ClINO/c11-7-2-3-9(12)8(6-7)10(14)13-4-1-5-13/h2-3,6H,1,4-5H2. The molecule has 0 atom stereocenters. The van der Waals surface area contributed by atoms with E-state index in [9.17, 15) is 4.79 Å². The molecule has 0 radical (unpaired) electrons. The lowest BCUT2D eigenvalue weighted by atomic mass is 10.1. The summed E-state index contributed by atoms with van der Waals surface area (Å²) in [6.07, 6.45) is 1.11. The second kappa shape index (κ2) is 4.06. The fourth-order valence-corrected chi connectivity index (χ4v) is 2.09. The molecule has 0 aromatic heterocycles. The molecule has 1 heterocycles. The van der Waals surface area contributed by atoms with Gasteiger partial charge in [0.1, 0.15) is 0 Å². The maximum Gasteiger partial charge on any atom is 0.254 e. The van der Waals surface area contributed by atoms with Gasteiger partial charge in [0, 0.05) is 21.7 Å². The van der Waals surface area contributed by atoms with Crippen LogP contribution in [0.4, 0.5) is 0 Å². The molecule has 0 spiro atoms. The minimum Gasteiger partial charge on any atom is -0.338 e. The maximum atomic E-state index is 11.9. The number of hydrogen-bond donors (Lipinski definition) is 0. The average Bonchev–Trinajstić information content (AvgIpc) is 2.06. The molecule has 1 aliphatic heterocycles. The zero-order chi connectivity index (χ0) is 10.1. The van der Waals surface area contributed by atoms with Crippen molar-refractivity contribution >= 4 is 40.1 Å². The van der Waals surface area contributed by atoms with Crippen molar-refractivity contribution in [2.45, 2.75) is 6.42 Å². The molecule has 14 heavy (non-hydrogen) atoms. The third-order valence-electron chi connectivity index (χ3n) is 2.30. The van der Waals surface area contributed by atoms with Gasteiger partial charge in [0.25, 0.3) is 5.91 Å². The molecule has 74 valence electrons. The van der Waals surface area contributed by atoms with E-state index in [1.807, 2.05) is 11.0 Å². The monoisotopic (exact) mass is 321 g/mol. The molecule has 0 bridgehead atoms. The van der Waals surface area contributed by atoms with Crippen molar-refractivity contribution < 1.29 is 4.79 Å². The van der Waals surface area contributed by atoms with Gasteiger partial charge >= 0.3 is 0 Å². The Morgan fingerprint density at radius 1 is 1.43 bits per heavy atom. The van der Waals surface area contributed by atoms with Crippen LogP contribution in [0.2, 0.25) is 5.02 Å². The first kappa shape index (κ1) is 10.2. The van der Waals surface area contributed by atoms with E-state index in [4.69, 9.17) is 11.6 Å². The smallest absolute Gasteiger partial charge is 0.254 e. The van der Waals surface area contributed by atoms with Crippen LogP contribution in [0, 0.1) is 3.57 Å². The summed E-state index contributed by atoms with van der Waals surface area (Å²) in [4.78, 5) is 13.7. The minimum absolute atomic E-state index is 0.100. The van der Waals surface area contributed by atoms with E-state index < -0.39 is 0 Å². The Kier molecular flexibility index (Phi) is 2.97. The van der Waals surface area contributed by atoms with Crippen LogP contribution in [0.1, 0.15) is 16.8 Å². The molecule has 0 aliphatic carbocycles. The number of amides is 1. The summed E-state index contributed by atoms with van der Waals surface area (Å²) in [5.74, 6) is 0.100. The van der Waals surface area contributed by atoms with E-state index in [1.54, 1.807) is 12.1 Å². The second-order valence-electron chi connectivity index (χ2n) is 3.27. The van der Waals surface area contributed by atoms with Crippen molar-refractivity contribution in [3.8, 4) is 0 Å².